The predicted octanol–water partition coefficient (Wildman–Crippen LogP) is 2.37. The van der Waals surface area contributed by atoms with Gasteiger partial charge in [0.15, 0.2) is 9.84 Å². The van der Waals surface area contributed by atoms with Gasteiger partial charge in [-0.05, 0) is 32.2 Å². The van der Waals surface area contributed by atoms with Gasteiger partial charge in [0, 0.05) is 6.04 Å². The van der Waals surface area contributed by atoms with Crippen LogP contribution in [0.1, 0.15) is 51.9 Å². The zero-order chi connectivity index (χ0) is 12.7. The summed E-state index contributed by atoms with van der Waals surface area (Å²) in [6, 6.07) is 0.164. The van der Waals surface area contributed by atoms with Gasteiger partial charge in [0.2, 0.25) is 0 Å². The van der Waals surface area contributed by atoms with E-state index in [9.17, 15) is 8.42 Å². The van der Waals surface area contributed by atoms with E-state index in [0.29, 0.717) is 17.4 Å². The van der Waals surface area contributed by atoms with Crippen LogP contribution in [-0.2, 0) is 9.84 Å². The van der Waals surface area contributed by atoms with E-state index in [1.807, 2.05) is 14.0 Å². The number of unbranched alkanes of at least 4 members (excludes halogenated alkanes) is 1. The fraction of sp³-hybridized carbons (Fsp3) is 1.00. The highest BCUT2D eigenvalue weighted by Crippen LogP contribution is 2.27. The Kier molecular flexibility index (Phi) is 6.49. The molecule has 0 aromatic rings. The molecular weight excluding hydrogens is 234 g/mol. The van der Waals surface area contributed by atoms with Gasteiger partial charge < -0.3 is 5.32 Å². The summed E-state index contributed by atoms with van der Waals surface area (Å²) >= 11 is 0. The number of rotatable bonds is 7. The van der Waals surface area contributed by atoms with E-state index >= 15 is 0 Å². The highest BCUT2D eigenvalue weighted by molar-refractivity contribution is 7.91. The summed E-state index contributed by atoms with van der Waals surface area (Å²) in [6.07, 6.45) is 7.96. The predicted molar refractivity (Wildman–Crippen MR) is 73.0 cm³/mol. The molecule has 1 aliphatic rings. The Labute approximate surface area is 106 Å². The van der Waals surface area contributed by atoms with Gasteiger partial charge in [-0.25, -0.2) is 8.42 Å². The smallest absolute Gasteiger partial charge is 0.151 e. The third kappa shape index (κ3) is 5.38. The van der Waals surface area contributed by atoms with Crippen molar-refractivity contribution in [2.45, 2.75) is 57.9 Å². The molecule has 1 fully saturated rings. The first-order valence-corrected chi connectivity index (χ1v) is 8.79. The summed E-state index contributed by atoms with van der Waals surface area (Å²) in [5.74, 6) is 1.24. The van der Waals surface area contributed by atoms with Gasteiger partial charge >= 0.3 is 0 Å². The minimum absolute atomic E-state index is 0.164. The Morgan fingerprint density at radius 1 is 1.24 bits per heavy atom. The molecular formula is C13H27NO2S. The molecule has 0 aromatic carbocycles. The van der Waals surface area contributed by atoms with Crippen molar-refractivity contribution in [1.82, 2.24) is 5.32 Å². The topological polar surface area (TPSA) is 46.2 Å². The Hall–Kier alpha value is -0.0900. The highest BCUT2D eigenvalue weighted by Gasteiger charge is 2.26. The maximum absolute atomic E-state index is 12.0. The van der Waals surface area contributed by atoms with Crippen LogP contribution in [0, 0.1) is 5.92 Å². The van der Waals surface area contributed by atoms with Crippen molar-refractivity contribution in [3.63, 3.8) is 0 Å². The molecule has 0 aromatic heterocycles. The second kappa shape index (κ2) is 7.37. The molecule has 0 heterocycles. The fourth-order valence-corrected chi connectivity index (χ4v) is 4.59. The van der Waals surface area contributed by atoms with Crippen molar-refractivity contribution in [1.29, 1.82) is 0 Å². The third-order valence-corrected chi connectivity index (χ3v) is 5.61. The molecule has 0 spiro atoms. The van der Waals surface area contributed by atoms with Crippen LogP contribution in [0.4, 0.5) is 0 Å². The average Bonchev–Trinajstić information content (AvgIpc) is 2.35. The summed E-state index contributed by atoms with van der Waals surface area (Å²) in [7, 11) is -0.969. The maximum atomic E-state index is 12.0. The molecule has 0 saturated heterocycles. The van der Waals surface area contributed by atoms with E-state index in [4.69, 9.17) is 0 Å². The number of nitrogens with one attached hydrogen (secondary N) is 1. The number of sulfone groups is 1. The van der Waals surface area contributed by atoms with E-state index in [1.54, 1.807) is 0 Å². The maximum Gasteiger partial charge on any atom is 0.151 e. The normalized spacial score (nSPS) is 20.4. The molecule has 17 heavy (non-hydrogen) atoms. The summed E-state index contributed by atoms with van der Waals surface area (Å²) in [6.45, 7) is 2.03. The number of hydrogen-bond acceptors (Lipinski definition) is 3. The first-order valence-electron chi connectivity index (χ1n) is 6.96. The van der Waals surface area contributed by atoms with Crippen molar-refractivity contribution in [3.05, 3.63) is 0 Å². The largest absolute Gasteiger partial charge is 0.316 e. The third-order valence-electron chi connectivity index (χ3n) is 3.83. The van der Waals surface area contributed by atoms with Crippen molar-refractivity contribution < 1.29 is 8.42 Å². The molecule has 102 valence electrons. The molecule has 1 saturated carbocycles. The highest BCUT2D eigenvalue weighted by atomic mass is 32.2. The standard InChI is InChI=1S/C13H27NO2S/c1-3-4-10-17(15,16)11-13(14-2)12-8-6-5-7-9-12/h12-14H,3-11H2,1-2H3. The van der Waals surface area contributed by atoms with Crippen LogP contribution in [0.15, 0.2) is 0 Å². The van der Waals surface area contributed by atoms with E-state index in [2.05, 4.69) is 5.32 Å². The number of hydrogen-bond donors (Lipinski definition) is 1. The minimum Gasteiger partial charge on any atom is -0.316 e. The van der Waals surface area contributed by atoms with Crippen LogP contribution in [0.25, 0.3) is 0 Å². The molecule has 0 bridgehead atoms. The van der Waals surface area contributed by atoms with Crippen LogP contribution >= 0.6 is 0 Å². The van der Waals surface area contributed by atoms with Crippen LogP contribution in [0.5, 0.6) is 0 Å². The molecule has 4 heteroatoms. The molecule has 1 rings (SSSR count). The molecule has 3 nitrogen and oxygen atoms in total. The quantitative estimate of drug-likeness (QED) is 0.765. The molecule has 1 N–H and O–H groups in total. The molecule has 1 unspecified atom stereocenters. The molecule has 1 aliphatic carbocycles. The van der Waals surface area contributed by atoms with Gasteiger partial charge in [-0.15, -0.1) is 0 Å². The first kappa shape index (κ1) is 15.0. The van der Waals surface area contributed by atoms with Crippen LogP contribution in [0.2, 0.25) is 0 Å². The van der Waals surface area contributed by atoms with Crippen molar-refractivity contribution in [2.75, 3.05) is 18.6 Å². The van der Waals surface area contributed by atoms with Gasteiger partial charge in [-0.1, -0.05) is 32.6 Å². The Morgan fingerprint density at radius 3 is 2.41 bits per heavy atom. The van der Waals surface area contributed by atoms with Gasteiger partial charge in [0.25, 0.3) is 0 Å². The Bertz CT molecular complexity index is 295. The van der Waals surface area contributed by atoms with Gasteiger partial charge in [-0.3, -0.25) is 0 Å². The van der Waals surface area contributed by atoms with Crippen molar-refractivity contribution in [2.24, 2.45) is 5.92 Å². The van der Waals surface area contributed by atoms with Crippen molar-refractivity contribution in [3.8, 4) is 0 Å². The van der Waals surface area contributed by atoms with Gasteiger partial charge in [-0.2, -0.15) is 0 Å². The van der Waals surface area contributed by atoms with E-state index in [-0.39, 0.29) is 6.04 Å². The lowest BCUT2D eigenvalue weighted by molar-refractivity contribution is 0.292. The lowest BCUT2D eigenvalue weighted by Crippen LogP contribution is -2.41. The van der Waals surface area contributed by atoms with Gasteiger partial charge in [0.05, 0.1) is 11.5 Å². The lowest BCUT2D eigenvalue weighted by Gasteiger charge is -2.29. The van der Waals surface area contributed by atoms with E-state index in [0.717, 1.165) is 12.8 Å². The summed E-state index contributed by atoms with van der Waals surface area (Å²) < 4.78 is 23.9. The molecule has 0 aliphatic heterocycles. The van der Waals surface area contributed by atoms with Crippen molar-refractivity contribution >= 4 is 9.84 Å². The van der Waals surface area contributed by atoms with E-state index in [1.165, 1.54) is 32.1 Å². The zero-order valence-electron chi connectivity index (χ0n) is 11.2. The minimum atomic E-state index is -2.87. The molecule has 0 amide bonds. The van der Waals surface area contributed by atoms with Crippen LogP contribution in [0.3, 0.4) is 0 Å². The second-order valence-corrected chi connectivity index (χ2v) is 7.49. The van der Waals surface area contributed by atoms with Gasteiger partial charge in [0.1, 0.15) is 0 Å². The van der Waals surface area contributed by atoms with Crippen LogP contribution in [-0.4, -0.2) is 33.0 Å². The molecule has 0 radical (unpaired) electrons. The summed E-state index contributed by atoms with van der Waals surface area (Å²) in [5.41, 5.74) is 0. The monoisotopic (exact) mass is 261 g/mol. The SMILES string of the molecule is CCCCS(=O)(=O)CC(NC)C1CCCCC1. The fourth-order valence-electron chi connectivity index (χ4n) is 2.71. The Morgan fingerprint density at radius 2 is 1.88 bits per heavy atom. The summed E-state index contributed by atoms with van der Waals surface area (Å²) in [5, 5.41) is 3.23. The lowest BCUT2D eigenvalue weighted by atomic mass is 9.84. The summed E-state index contributed by atoms with van der Waals surface area (Å²) in [4.78, 5) is 0. The average molecular weight is 261 g/mol. The van der Waals surface area contributed by atoms with Crippen LogP contribution < -0.4 is 5.32 Å². The molecule has 1 atom stereocenters. The van der Waals surface area contributed by atoms with E-state index < -0.39 is 9.84 Å². The first-order chi connectivity index (χ1) is 8.09. The second-order valence-electron chi connectivity index (χ2n) is 5.26. The Balaban J connectivity index is 2.50. The zero-order valence-corrected chi connectivity index (χ0v) is 12.1.